The normalized spacial score (nSPS) is 15.8. The van der Waals surface area contributed by atoms with Gasteiger partial charge in [0.25, 0.3) is 0 Å². The second kappa shape index (κ2) is 9.59. The minimum Gasteiger partial charge on any atom is -0.478 e. The van der Waals surface area contributed by atoms with Crippen LogP contribution in [0.1, 0.15) is 54.4 Å². The van der Waals surface area contributed by atoms with Gasteiger partial charge in [-0.1, -0.05) is 25.0 Å². The number of unbranched alkanes of at least 4 members (excludes halogenated alkanes) is 2. The van der Waals surface area contributed by atoms with Gasteiger partial charge in [0.2, 0.25) is 0 Å². The Morgan fingerprint density at radius 2 is 1.95 bits per heavy atom. The maximum Gasteiger partial charge on any atom is 0.335 e. The Labute approximate surface area is 133 Å². The van der Waals surface area contributed by atoms with Crippen LogP contribution in [0.25, 0.3) is 0 Å². The third-order valence-corrected chi connectivity index (χ3v) is 4.28. The molecule has 1 fully saturated rings. The van der Waals surface area contributed by atoms with Gasteiger partial charge < -0.3 is 15.3 Å². The van der Waals surface area contributed by atoms with Crippen molar-refractivity contribution in [1.82, 2.24) is 10.2 Å². The molecular formula is C18H28N2O2. The molecule has 1 aromatic carbocycles. The van der Waals surface area contributed by atoms with Crippen LogP contribution in [0.15, 0.2) is 24.3 Å². The molecule has 2 rings (SSSR count). The van der Waals surface area contributed by atoms with Crippen molar-refractivity contribution in [2.45, 2.75) is 45.1 Å². The first-order chi connectivity index (χ1) is 10.8. The smallest absolute Gasteiger partial charge is 0.335 e. The molecule has 1 aliphatic rings. The van der Waals surface area contributed by atoms with Crippen LogP contribution < -0.4 is 5.32 Å². The second-order valence-corrected chi connectivity index (χ2v) is 6.15. The molecule has 1 saturated heterocycles. The lowest BCUT2D eigenvalue weighted by atomic mass is 10.1. The molecule has 22 heavy (non-hydrogen) atoms. The number of hydrogen-bond acceptors (Lipinski definition) is 3. The number of benzene rings is 1. The van der Waals surface area contributed by atoms with E-state index in [9.17, 15) is 4.79 Å². The van der Waals surface area contributed by atoms with E-state index in [-0.39, 0.29) is 0 Å². The van der Waals surface area contributed by atoms with Gasteiger partial charge in [-0.05, 0) is 69.6 Å². The molecule has 0 amide bonds. The molecule has 0 aliphatic carbocycles. The fourth-order valence-electron chi connectivity index (χ4n) is 2.99. The van der Waals surface area contributed by atoms with Crippen molar-refractivity contribution in [3.8, 4) is 0 Å². The summed E-state index contributed by atoms with van der Waals surface area (Å²) in [6, 6.07) is 7.15. The highest BCUT2D eigenvalue weighted by Gasteiger charge is 2.08. The average Bonchev–Trinajstić information content (AvgIpc) is 2.55. The molecule has 1 aliphatic heterocycles. The molecule has 4 heteroatoms. The van der Waals surface area contributed by atoms with Crippen molar-refractivity contribution in [3.05, 3.63) is 35.4 Å². The summed E-state index contributed by atoms with van der Waals surface area (Å²) in [6.45, 7) is 5.57. The van der Waals surface area contributed by atoms with Crippen LogP contribution in [-0.2, 0) is 6.54 Å². The lowest BCUT2D eigenvalue weighted by Gasteiger charge is -2.26. The van der Waals surface area contributed by atoms with E-state index in [2.05, 4.69) is 10.2 Å². The summed E-state index contributed by atoms with van der Waals surface area (Å²) in [6.07, 6.45) is 7.89. The summed E-state index contributed by atoms with van der Waals surface area (Å²) in [5.41, 5.74) is 1.40. The number of rotatable bonds is 9. The van der Waals surface area contributed by atoms with Crippen molar-refractivity contribution in [2.24, 2.45) is 0 Å². The van der Waals surface area contributed by atoms with E-state index in [1.165, 1.54) is 58.2 Å². The molecule has 1 heterocycles. The number of hydrogen-bond donors (Lipinski definition) is 2. The summed E-state index contributed by atoms with van der Waals surface area (Å²) in [7, 11) is 0. The first-order valence-corrected chi connectivity index (χ1v) is 8.51. The molecule has 0 atom stereocenters. The highest BCUT2D eigenvalue weighted by molar-refractivity contribution is 5.87. The van der Waals surface area contributed by atoms with Gasteiger partial charge in [0.1, 0.15) is 0 Å². The predicted octanol–water partition coefficient (Wildman–Crippen LogP) is 3.13. The SMILES string of the molecule is O=C(O)c1cccc(CNCCCCCN2CCCCC2)c1. The molecule has 0 unspecified atom stereocenters. The topological polar surface area (TPSA) is 52.6 Å². The van der Waals surface area contributed by atoms with Gasteiger partial charge in [0.15, 0.2) is 0 Å². The number of carboxylic acid groups (broad SMARTS) is 1. The highest BCUT2D eigenvalue weighted by Crippen LogP contribution is 2.10. The minimum absolute atomic E-state index is 0.362. The van der Waals surface area contributed by atoms with E-state index in [1.54, 1.807) is 18.2 Å². The van der Waals surface area contributed by atoms with E-state index in [1.807, 2.05) is 6.07 Å². The number of nitrogens with one attached hydrogen (secondary N) is 1. The third kappa shape index (κ3) is 6.16. The standard InChI is InChI=1S/C18H28N2O2/c21-18(22)17-9-7-8-16(14-17)15-19-10-3-1-4-11-20-12-5-2-6-13-20/h7-9,14,19H,1-6,10-13,15H2,(H,21,22). The van der Waals surface area contributed by atoms with Gasteiger partial charge in [0, 0.05) is 6.54 Å². The van der Waals surface area contributed by atoms with Crippen molar-refractivity contribution in [1.29, 1.82) is 0 Å². The third-order valence-electron chi connectivity index (χ3n) is 4.28. The van der Waals surface area contributed by atoms with Crippen LogP contribution in [0.5, 0.6) is 0 Å². The predicted molar refractivity (Wildman–Crippen MR) is 89.3 cm³/mol. The Bertz CT molecular complexity index is 456. The van der Waals surface area contributed by atoms with E-state index < -0.39 is 5.97 Å². The average molecular weight is 304 g/mol. The second-order valence-electron chi connectivity index (χ2n) is 6.15. The Kier molecular flexibility index (Phi) is 7.40. The molecule has 0 bridgehead atoms. The zero-order chi connectivity index (χ0) is 15.6. The summed E-state index contributed by atoms with van der Waals surface area (Å²) in [5, 5.41) is 12.4. The maximum absolute atomic E-state index is 10.9. The van der Waals surface area contributed by atoms with Crippen molar-refractivity contribution >= 4 is 5.97 Å². The van der Waals surface area contributed by atoms with Gasteiger partial charge >= 0.3 is 5.97 Å². The van der Waals surface area contributed by atoms with Gasteiger partial charge in [0.05, 0.1) is 5.56 Å². The molecule has 122 valence electrons. The summed E-state index contributed by atoms with van der Waals surface area (Å²) < 4.78 is 0. The lowest BCUT2D eigenvalue weighted by Crippen LogP contribution is -2.30. The van der Waals surface area contributed by atoms with Crippen LogP contribution >= 0.6 is 0 Å². The quantitative estimate of drug-likeness (QED) is 0.688. The maximum atomic E-state index is 10.9. The van der Waals surface area contributed by atoms with E-state index >= 15 is 0 Å². The van der Waals surface area contributed by atoms with Gasteiger partial charge in [-0.2, -0.15) is 0 Å². The van der Waals surface area contributed by atoms with Crippen LogP contribution in [0.3, 0.4) is 0 Å². The Morgan fingerprint density at radius 1 is 1.14 bits per heavy atom. The first-order valence-electron chi connectivity index (χ1n) is 8.51. The largest absolute Gasteiger partial charge is 0.478 e. The van der Waals surface area contributed by atoms with E-state index in [4.69, 9.17) is 5.11 Å². The van der Waals surface area contributed by atoms with Crippen molar-refractivity contribution in [2.75, 3.05) is 26.2 Å². The number of likely N-dealkylation sites (tertiary alicyclic amines) is 1. The lowest BCUT2D eigenvalue weighted by molar-refractivity contribution is 0.0696. The number of aromatic carboxylic acids is 1. The monoisotopic (exact) mass is 304 g/mol. The molecule has 1 aromatic rings. The minimum atomic E-state index is -0.862. The number of nitrogens with zero attached hydrogens (tertiary/aromatic N) is 1. The zero-order valence-corrected chi connectivity index (χ0v) is 13.4. The fourth-order valence-corrected chi connectivity index (χ4v) is 2.99. The van der Waals surface area contributed by atoms with Crippen LogP contribution in [0.2, 0.25) is 0 Å². The van der Waals surface area contributed by atoms with Crippen LogP contribution in [-0.4, -0.2) is 42.2 Å². The van der Waals surface area contributed by atoms with E-state index in [0.717, 1.165) is 18.7 Å². The molecule has 0 radical (unpaired) electrons. The zero-order valence-electron chi connectivity index (χ0n) is 13.4. The van der Waals surface area contributed by atoms with Crippen LogP contribution in [0, 0.1) is 0 Å². The van der Waals surface area contributed by atoms with Crippen molar-refractivity contribution in [3.63, 3.8) is 0 Å². The Balaban J connectivity index is 1.52. The number of carboxylic acids is 1. The van der Waals surface area contributed by atoms with Gasteiger partial charge in [-0.3, -0.25) is 0 Å². The Hall–Kier alpha value is -1.39. The number of piperidine rings is 1. The fraction of sp³-hybridized carbons (Fsp3) is 0.611. The summed E-state index contributed by atoms with van der Waals surface area (Å²) >= 11 is 0. The van der Waals surface area contributed by atoms with Crippen LogP contribution in [0.4, 0.5) is 0 Å². The van der Waals surface area contributed by atoms with Gasteiger partial charge in [-0.15, -0.1) is 0 Å². The summed E-state index contributed by atoms with van der Waals surface area (Å²) in [5.74, 6) is -0.862. The van der Waals surface area contributed by atoms with Crippen molar-refractivity contribution < 1.29 is 9.90 Å². The molecular weight excluding hydrogens is 276 g/mol. The molecule has 0 spiro atoms. The molecule has 4 nitrogen and oxygen atoms in total. The van der Waals surface area contributed by atoms with E-state index in [0.29, 0.717) is 5.56 Å². The molecule has 2 N–H and O–H groups in total. The Morgan fingerprint density at radius 3 is 2.73 bits per heavy atom. The molecule has 0 aromatic heterocycles. The van der Waals surface area contributed by atoms with Gasteiger partial charge in [-0.25, -0.2) is 4.79 Å². The first kappa shape index (κ1) is 17.0. The number of carbonyl (C=O) groups is 1. The molecule has 0 saturated carbocycles. The highest BCUT2D eigenvalue weighted by atomic mass is 16.4. The summed E-state index contributed by atoms with van der Waals surface area (Å²) in [4.78, 5) is 13.5.